The van der Waals surface area contributed by atoms with Crippen molar-refractivity contribution < 1.29 is 4.42 Å². The van der Waals surface area contributed by atoms with Gasteiger partial charge in [0.05, 0.1) is 5.69 Å². The van der Waals surface area contributed by atoms with E-state index >= 15 is 0 Å². The zero-order valence-corrected chi connectivity index (χ0v) is 46.9. The molecule has 3 nitrogen and oxygen atoms in total. The molecule has 1 radical (unpaired) electrons. The highest BCUT2D eigenvalue weighted by atomic mass is 32.1. The van der Waals surface area contributed by atoms with Crippen LogP contribution >= 0.6 is 11.3 Å². The van der Waals surface area contributed by atoms with Crippen molar-refractivity contribution in [3.8, 4) is 22.3 Å². The Balaban J connectivity index is 1.13. The average molecular weight is 988 g/mol. The maximum absolute atomic E-state index is 7.15. The van der Waals surface area contributed by atoms with Crippen LogP contribution in [0.4, 0.5) is 28.4 Å². The van der Waals surface area contributed by atoms with E-state index in [4.69, 9.17) is 4.42 Å². The minimum Gasteiger partial charge on any atom is -0.456 e. The number of hydrogen-bond acceptors (Lipinski definition) is 4. The first-order valence-corrected chi connectivity index (χ1v) is 28.4. The Hall–Kier alpha value is -6.04. The quantitative estimate of drug-likeness (QED) is 0.174. The summed E-state index contributed by atoms with van der Waals surface area (Å²) in [5.41, 5.74) is 24.3. The van der Waals surface area contributed by atoms with Crippen molar-refractivity contribution in [1.29, 1.82) is 0 Å². The second kappa shape index (κ2) is 16.0. The summed E-state index contributed by atoms with van der Waals surface area (Å²) < 4.78 is 9.80. The summed E-state index contributed by atoms with van der Waals surface area (Å²) >= 11 is 1.97. The molecular weight excluding hydrogens is 916 g/mol. The van der Waals surface area contributed by atoms with Crippen LogP contribution < -0.4 is 20.5 Å². The van der Waals surface area contributed by atoms with Crippen molar-refractivity contribution in [2.24, 2.45) is 0 Å². The van der Waals surface area contributed by atoms with Gasteiger partial charge in [0.15, 0.2) is 0 Å². The molecule has 0 unspecified atom stereocenters. The Morgan fingerprint density at radius 1 is 0.500 bits per heavy atom. The largest absolute Gasteiger partial charge is 0.456 e. The third-order valence-corrected chi connectivity index (χ3v) is 20.1. The first kappa shape index (κ1) is 47.7. The third-order valence-electron chi connectivity index (χ3n) is 19.0. The van der Waals surface area contributed by atoms with Crippen LogP contribution in [0.3, 0.4) is 0 Å². The standard InChI is InChI=1S/C69H72BN2OS/c1-40-33-48-51(68(10,11)31-29-65(48,4)5)37-54(40)72-55-39-57-59(44-21-17-18-22-56(44)73-57)60(61(55)70-63-62(72)46-36-50-52(38-58(46)74-63)69(12,13)32-30-67(50,8)9)45-34-42(41-19-15-14-16-20-41)23-26-53(45)71-43-24-25-47-49(35-43)66(6,7)28-27-64(47,2)3/h14-26,33-39,71H,27-32H2,1-13H3. The molecule has 2 aromatic heterocycles. The minimum atomic E-state index is 0.0280. The van der Waals surface area contributed by atoms with E-state index in [1.54, 1.807) is 0 Å². The number of furan rings is 1. The fourth-order valence-corrected chi connectivity index (χ4v) is 15.1. The van der Waals surface area contributed by atoms with Gasteiger partial charge in [0.25, 0.3) is 0 Å². The highest BCUT2D eigenvalue weighted by molar-refractivity contribution is 7.29. The summed E-state index contributed by atoms with van der Waals surface area (Å²) in [6, 6.07) is 46.6. The molecule has 13 rings (SSSR count). The Morgan fingerprint density at radius 3 is 1.76 bits per heavy atom. The van der Waals surface area contributed by atoms with Gasteiger partial charge in [0.2, 0.25) is 7.28 Å². The Morgan fingerprint density at radius 2 is 1.08 bits per heavy atom. The van der Waals surface area contributed by atoms with Gasteiger partial charge in [-0.3, -0.25) is 0 Å². The van der Waals surface area contributed by atoms with Crippen molar-refractivity contribution in [2.45, 2.75) is 161 Å². The number of aryl methyl sites for hydroxylation is 1. The van der Waals surface area contributed by atoms with Gasteiger partial charge in [-0.1, -0.05) is 150 Å². The highest BCUT2D eigenvalue weighted by Crippen LogP contribution is 2.55. The number of thiophene rings is 1. The zero-order valence-electron chi connectivity index (χ0n) is 46.1. The van der Waals surface area contributed by atoms with Crippen molar-refractivity contribution in [1.82, 2.24) is 0 Å². The summed E-state index contributed by atoms with van der Waals surface area (Å²) in [4.78, 5) is 2.68. The maximum Gasteiger partial charge on any atom is 0.211 e. The van der Waals surface area contributed by atoms with E-state index < -0.39 is 0 Å². The molecular formula is C69H72BN2OS. The van der Waals surface area contributed by atoms with E-state index in [2.05, 4.69) is 229 Å². The lowest BCUT2D eigenvalue weighted by molar-refractivity contribution is 0.332. The SMILES string of the molecule is Cc1cc2c(cc1N1c3cc4oc5ccccc5c4c(-c4cc(-c5ccccc5)ccc4Nc4ccc5c(c4)C(C)(C)CCC5(C)C)c3[B]c3sc4cc5c(cc4c31)C(C)(C)CCC5(C)C)C(C)(C)CCC2(C)C. The van der Waals surface area contributed by atoms with Gasteiger partial charge < -0.3 is 14.6 Å². The molecule has 9 aromatic rings. The van der Waals surface area contributed by atoms with Gasteiger partial charge in [-0.25, -0.2) is 0 Å². The normalized spacial score (nSPS) is 19.3. The molecule has 0 atom stereocenters. The summed E-state index contributed by atoms with van der Waals surface area (Å²) in [5, 5.41) is 7.72. The lowest BCUT2D eigenvalue weighted by Crippen LogP contribution is -2.40. The van der Waals surface area contributed by atoms with Crippen LogP contribution in [0.5, 0.6) is 0 Å². The molecule has 7 aromatic carbocycles. The smallest absolute Gasteiger partial charge is 0.211 e. The average Bonchev–Trinajstić information content (AvgIpc) is 3.95. The maximum atomic E-state index is 7.15. The lowest BCUT2D eigenvalue weighted by atomic mass is 9.60. The molecule has 1 aliphatic heterocycles. The molecule has 0 spiro atoms. The van der Waals surface area contributed by atoms with Gasteiger partial charge in [-0.05, 0) is 192 Å². The van der Waals surface area contributed by atoms with Crippen molar-refractivity contribution in [3.05, 3.63) is 160 Å². The van der Waals surface area contributed by atoms with E-state index in [0.29, 0.717) is 0 Å². The molecule has 5 heteroatoms. The van der Waals surface area contributed by atoms with Gasteiger partial charge >= 0.3 is 0 Å². The van der Waals surface area contributed by atoms with Crippen molar-refractivity contribution in [2.75, 3.05) is 10.2 Å². The van der Waals surface area contributed by atoms with Crippen LogP contribution in [0.1, 0.15) is 161 Å². The summed E-state index contributed by atoms with van der Waals surface area (Å²) in [6.45, 7) is 31.7. The monoisotopic (exact) mass is 988 g/mol. The number of rotatable bonds is 5. The van der Waals surface area contributed by atoms with Crippen LogP contribution in [-0.2, 0) is 32.5 Å². The molecule has 373 valence electrons. The third kappa shape index (κ3) is 7.25. The first-order chi connectivity index (χ1) is 35.0. The first-order valence-electron chi connectivity index (χ1n) is 27.5. The second-order valence-electron chi connectivity index (χ2n) is 26.8. The van der Waals surface area contributed by atoms with E-state index in [9.17, 15) is 0 Å². The van der Waals surface area contributed by atoms with Crippen LogP contribution in [0.2, 0.25) is 0 Å². The Bertz CT molecular complexity index is 3820. The second-order valence-corrected chi connectivity index (χ2v) is 27.9. The van der Waals surface area contributed by atoms with Gasteiger partial charge in [0.1, 0.15) is 11.2 Å². The molecule has 0 saturated carbocycles. The van der Waals surface area contributed by atoms with Crippen molar-refractivity contribution in [3.63, 3.8) is 0 Å². The van der Waals surface area contributed by atoms with Crippen LogP contribution in [0.15, 0.2) is 126 Å². The summed E-state index contributed by atoms with van der Waals surface area (Å²) in [7, 11) is 2.56. The van der Waals surface area contributed by atoms with E-state index in [1.807, 2.05) is 11.3 Å². The number of fused-ring (bicyclic) bond motifs is 10. The van der Waals surface area contributed by atoms with Crippen LogP contribution in [0, 0.1) is 6.92 Å². The molecule has 1 N–H and O–H groups in total. The number of para-hydroxylation sites is 1. The fourth-order valence-electron chi connectivity index (χ4n) is 13.9. The lowest BCUT2D eigenvalue weighted by Gasteiger charge is -2.44. The van der Waals surface area contributed by atoms with E-state index in [-0.39, 0.29) is 32.5 Å². The highest BCUT2D eigenvalue weighted by Gasteiger charge is 2.43. The van der Waals surface area contributed by atoms with Gasteiger partial charge in [0, 0.05) is 55.2 Å². The molecule has 74 heavy (non-hydrogen) atoms. The van der Waals surface area contributed by atoms with Crippen LogP contribution in [0.25, 0.3) is 54.3 Å². The van der Waals surface area contributed by atoms with E-state index in [1.165, 1.54) is 119 Å². The van der Waals surface area contributed by atoms with Gasteiger partial charge in [-0.2, -0.15) is 0 Å². The van der Waals surface area contributed by atoms with Gasteiger partial charge in [-0.15, -0.1) is 11.3 Å². The molecule has 4 aliphatic rings. The molecule has 0 bridgehead atoms. The molecule has 0 saturated heterocycles. The summed E-state index contributed by atoms with van der Waals surface area (Å²) in [5.74, 6) is 0. The topological polar surface area (TPSA) is 28.4 Å². The molecule has 0 amide bonds. The number of benzene rings is 7. The number of anilines is 5. The van der Waals surface area contributed by atoms with Crippen molar-refractivity contribution >= 4 is 89.3 Å². The van der Waals surface area contributed by atoms with E-state index in [0.717, 1.165) is 51.0 Å². The predicted octanol–water partition coefficient (Wildman–Crippen LogP) is 18.7. The minimum absolute atomic E-state index is 0.0280. The molecule has 3 heterocycles. The number of nitrogens with one attached hydrogen (secondary N) is 1. The number of nitrogens with zero attached hydrogens (tertiary/aromatic N) is 1. The molecule has 3 aliphatic carbocycles. The summed E-state index contributed by atoms with van der Waals surface area (Å²) in [6.07, 6.45) is 7.04. The molecule has 0 fully saturated rings. The Kier molecular flexibility index (Phi) is 10.3. The van der Waals surface area contributed by atoms with Crippen LogP contribution in [-0.4, -0.2) is 7.28 Å². The number of hydrogen-bond donors (Lipinski definition) is 1. The predicted molar refractivity (Wildman–Crippen MR) is 320 cm³/mol. The fraction of sp³-hybridized carbons (Fsp3) is 0.362. The Labute approximate surface area is 445 Å². The zero-order chi connectivity index (χ0) is 51.6.